The van der Waals surface area contributed by atoms with Crippen molar-refractivity contribution < 1.29 is 26.4 Å². The summed E-state index contributed by atoms with van der Waals surface area (Å²) in [6, 6.07) is 13.3. The molecule has 0 saturated heterocycles. The molecular weight excluding hydrogens is 556 g/mol. The number of hydrogen-bond donors (Lipinski definition) is 3. The van der Waals surface area contributed by atoms with Gasteiger partial charge in [-0.05, 0) is 69.5 Å². The number of anilines is 4. The average molecular weight is 589 g/mol. The molecule has 214 valence electrons. The van der Waals surface area contributed by atoms with Crippen molar-refractivity contribution in [2.45, 2.75) is 50.3 Å². The molecule has 4 rings (SSSR count). The second-order valence-electron chi connectivity index (χ2n) is 9.14. The van der Waals surface area contributed by atoms with Gasteiger partial charge in [-0.3, -0.25) is 0 Å². The third-order valence-corrected chi connectivity index (χ3v) is 9.77. The van der Waals surface area contributed by atoms with Gasteiger partial charge in [0.2, 0.25) is 16.0 Å². The highest BCUT2D eigenvalue weighted by molar-refractivity contribution is 7.90. The van der Waals surface area contributed by atoms with Crippen LogP contribution in [0.15, 0.2) is 59.6 Å². The van der Waals surface area contributed by atoms with Crippen molar-refractivity contribution in [3.05, 3.63) is 65.9 Å². The van der Waals surface area contributed by atoms with Crippen LogP contribution in [0.25, 0.3) is 0 Å². The van der Waals surface area contributed by atoms with E-state index in [0.717, 1.165) is 11.1 Å². The van der Waals surface area contributed by atoms with Gasteiger partial charge in [-0.15, -0.1) is 0 Å². The number of hydrogen-bond acceptors (Lipinski definition) is 10. The molecule has 0 radical (unpaired) electrons. The van der Waals surface area contributed by atoms with Crippen molar-refractivity contribution in [1.29, 1.82) is 0 Å². The number of aromatic nitrogens is 2. The number of carbonyl (C=O) groups is 1. The Balaban J connectivity index is 1.49. The van der Waals surface area contributed by atoms with Crippen LogP contribution in [0.1, 0.15) is 37.8 Å². The van der Waals surface area contributed by atoms with Crippen molar-refractivity contribution in [3.63, 3.8) is 0 Å². The summed E-state index contributed by atoms with van der Waals surface area (Å²) in [6.07, 6.45) is 2.08. The van der Waals surface area contributed by atoms with Crippen LogP contribution < -0.4 is 15.4 Å². The van der Waals surface area contributed by atoms with Crippen LogP contribution in [0, 0.1) is 6.92 Å². The fraction of sp³-hybridized carbons (Fsp3) is 0.346. The van der Waals surface area contributed by atoms with E-state index in [1.165, 1.54) is 12.1 Å². The highest BCUT2D eigenvalue weighted by Crippen LogP contribution is 2.28. The van der Waals surface area contributed by atoms with Gasteiger partial charge in [-0.2, -0.15) is 4.98 Å². The minimum Gasteiger partial charge on any atom is -0.449 e. The van der Waals surface area contributed by atoms with E-state index in [1.807, 2.05) is 31.2 Å². The predicted molar refractivity (Wildman–Crippen MR) is 152 cm³/mol. The quantitative estimate of drug-likeness (QED) is 0.282. The number of benzene rings is 2. The van der Waals surface area contributed by atoms with E-state index in [0.29, 0.717) is 34.3 Å². The lowest BCUT2D eigenvalue weighted by atomic mass is 10.2. The number of rotatable bonds is 12. The first kappa shape index (κ1) is 29.2. The Hall–Kier alpha value is -3.75. The van der Waals surface area contributed by atoms with Crippen LogP contribution in [0.3, 0.4) is 0 Å². The summed E-state index contributed by atoms with van der Waals surface area (Å²) in [4.78, 5) is 20.9. The molecule has 1 amide bonds. The Labute approximate surface area is 234 Å². The third-order valence-electron chi connectivity index (χ3n) is 6.04. The molecule has 12 nitrogen and oxygen atoms in total. The van der Waals surface area contributed by atoms with Gasteiger partial charge in [-0.1, -0.05) is 18.2 Å². The molecule has 1 saturated carbocycles. The Morgan fingerprint density at radius 2 is 1.73 bits per heavy atom. The maximum atomic E-state index is 13.1. The topological polar surface area (TPSA) is 160 Å². The van der Waals surface area contributed by atoms with Crippen LogP contribution in [0.5, 0.6) is 0 Å². The molecule has 40 heavy (non-hydrogen) atoms. The minimum atomic E-state index is -4.14. The average Bonchev–Trinajstić information content (AvgIpc) is 3.77. The smallest absolute Gasteiger partial charge is 0.423 e. The van der Waals surface area contributed by atoms with Crippen LogP contribution in [0.2, 0.25) is 0 Å². The molecule has 0 atom stereocenters. The molecule has 3 aromatic rings. The van der Waals surface area contributed by atoms with Gasteiger partial charge >= 0.3 is 6.09 Å². The normalized spacial score (nSPS) is 13.5. The zero-order chi connectivity index (χ0) is 28.9. The number of nitrogens with zero attached hydrogens (tertiary/aromatic N) is 3. The zero-order valence-electron chi connectivity index (χ0n) is 22.4. The zero-order valence-corrected chi connectivity index (χ0v) is 24.0. The Morgan fingerprint density at radius 3 is 2.40 bits per heavy atom. The maximum absolute atomic E-state index is 13.1. The molecule has 1 aliphatic rings. The van der Waals surface area contributed by atoms with Crippen LogP contribution >= 0.6 is 0 Å². The SMILES string of the molecule is CCOC(=O)N(CC)S(=O)(=O)c1cccc(Nc2ncc(C)c(Nc3cccc(CNS(=O)(=O)C4CC4)c3)n2)c1. The standard InChI is InChI=1S/C26H32N6O6S2/c1-4-32(26(33)38-5-2)40(36,37)23-11-7-10-21(15-23)30-25-27-16-18(3)24(31-25)29-20-9-6-8-19(14-20)17-28-39(34,35)22-12-13-22/h6-11,14-16,22,28H,4-5,12-13,17H2,1-3H3,(H2,27,29,30,31). The number of aryl methyl sites for hydroxylation is 1. The van der Waals surface area contributed by atoms with Crippen LogP contribution in [-0.2, 0) is 31.3 Å². The fourth-order valence-electron chi connectivity index (χ4n) is 3.79. The van der Waals surface area contributed by atoms with Gasteiger partial charge in [0.15, 0.2) is 0 Å². The molecule has 3 N–H and O–H groups in total. The summed E-state index contributed by atoms with van der Waals surface area (Å²) in [5, 5.41) is 5.95. The van der Waals surface area contributed by atoms with E-state index in [9.17, 15) is 21.6 Å². The lowest BCUT2D eigenvalue weighted by molar-refractivity contribution is 0.132. The summed E-state index contributed by atoms with van der Waals surface area (Å²) in [5.74, 6) is 0.727. The van der Waals surface area contributed by atoms with E-state index >= 15 is 0 Å². The van der Waals surface area contributed by atoms with Crippen molar-refractivity contribution >= 4 is 49.3 Å². The van der Waals surface area contributed by atoms with Gasteiger partial charge in [0.1, 0.15) is 5.82 Å². The Kier molecular flexibility index (Phi) is 8.91. The van der Waals surface area contributed by atoms with Crippen molar-refractivity contribution in [2.75, 3.05) is 23.8 Å². The molecule has 14 heteroatoms. The number of amides is 1. The maximum Gasteiger partial charge on any atom is 0.423 e. The van der Waals surface area contributed by atoms with Gasteiger partial charge < -0.3 is 15.4 Å². The molecule has 0 bridgehead atoms. The second kappa shape index (κ2) is 12.2. The molecule has 1 fully saturated rings. The van der Waals surface area contributed by atoms with E-state index in [2.05, 4.69) is 25.3 Å². The molecular formula is C26H32N6O6S2. The first-order valence-electron chi connectivity index (χ1n) is 12.8. The van der Waals surface area contributed by atoms with Crippen molar-refractivity contribution in [1.82, 2.24) is 19.0 Å². The number of carbonyl (C=O) groups excluding carboxylic acids is 1. The fourth-order valence-corrected chi connectivity index (χ4v) is 6.52. The van der Waals surface area contributed by atoms with Gasteiger partial charge in [-0.25, -0.2) is 35.6 Å². The van der Waals surface area contributed by atoms with E-state index < -0.39 is 26.1 Å². The third kappa shape index (κ3) is 7.06. The van der Waals surface area contributed by atoms with Crippen molar-refractivity contribution in [3.8, 4) is 0 Å². The van der Waals surface area contributed by atoms with E-state index in [1.54, 1.807) is 32.2 Å². The molecule has 0 spiro atoms. The summed E-state index contributed by atoms with van der Waals surface area (Å²) in [5.41, 5.74) is 2.67. The number of nitrogens with one attached hydrogen (secondary N) is 3. The summed E-state index contributed by atoms with van der Waals surface area (Å²) in [6.45, 7) is 5.15. The predicted octanol–water partition coefficient (Wildman–Crippen LogP) is 4.02. The number of sulfonamides is 2. The molecule has 0 unspecified atom stereocenters. The largest absolute Gasteiger partial charge is 0.449 e. The lowest BCUT2D eigenvalue weighted by Gasteiger charge is -2.20. The van der Waals surface area contributed by atoms with Crippen LogP contribution in [0.4, 0.5) is 27.9 Å². The summed E-state index contributed by atoms with van der Waals surface area (Å²) in [7, 11) is -7.43. The molecule has 2 aromatic carbocycles. The highest BCUT2D eigenvalue weighted by Gasteiger charge is 2.35. The number of ether oxygens (including phenoxy) is 1. The van der Waals surface area contributed by atoms with Gasteiger partial charge in [0.05, 0.1) is 16.8 Å². The second-order valence-corrected chi connectivity index (χ2v) is 13.0. The van der Waals surface area contributed by atoms with Crippen LogP contribution in [-0.4, -0.2) is 55.6 Å². The van der Waals surface area contributed by atoms with E-state index in [-0.39, 0.29) is 35.8 Å². The lowest BCUT2D eigenvalue weighted by Crippen LogP contribution is -2.37. The molecule has 1 aromatic heterocycles. The van der Waals surface area contributed by atoms with Crippen molar-refractivity contribution in [2.24, 2.45) is 0 Å². The minimum absolute atomic E-state index is 0.0527. The molecule has 1 aliphatic carbocycles. The first-order chi connectivity index (χ1) is 19.0. The highest BCUT2D eigenvalue weighted by atomic mass is 32.2. The summed E-state index contributed by atoms with van der Waals surface area (Å²) >= 11 is 0. The first-order valence-corrected chi connectivity index (χ1v) is 15.8. The molecule has 0 aliphatic heterocycles. The van der Waals surface area contributed by atoms with E-state index in [4.69, 9.17) is 4.74 Å². The Morgan fingerprint density at radius 1 is 1.02 bits per heavy atom. The molecule has 1 heterocycles. The summed E-state index contributed by atoms with van der Waals surface area (Å²) < 4.78 is 58.6. The van der Waals surface area contributed by atoms with Gasteiger partial charge in [0.25, 0.3) is 10.0 Å². The van der Waals surface area contributed by atoms with Gasteiger partial charge in [0, 0.05) is 36.2 Å². The Bertz CT molecular complexity index is 1590. The monoisotopic (exact) mass is 588 g/mol.